The molecule has 1 aromatic heterocycles. The highest BCUT2D eigenvalue weighted by atomic mass is 16.5. The van der Waals surface area contributed by atoms with E-state index in [0.29, 0.717) is 6.61 Å². The third-order valence-corrected chi connectivity index (χ3v) is 3.96. The molecule has 2 aromatic rings. The monoisotopic (exact) mass is 300 g/mol. The zero-order valence-corrected chi connectivity index (χ0v) is 12.7. The van der Waals surface area contributed by atoms with Crippen molar-refractivity contribution in [2.24, 2.45) is 0 Å². The number of hydrogen-bond donors (Lipinski definition) is 0. The maximum Gasteiger partial charge on any atom is 0.244 e. The molecular weight excluding hydrogens is 280 g/mol. The van der Waals surface area contributed by atoms with E-state index < -0.39 is 0 Å². The number of aromatic nitrogens is 3. The van der Waals surface area contributed by atoms with Gasteiger partial charge in [0.05, 0.1) is 18.8 Å². The SMILES string of the molecule is COCC1CCCN1C(=O)Cn1cc(-c2ccccc2)nn1. The number of amides is 1. The van der Waals surface area contributed by atoms with Gasteiger partial charge in [-0.3, -0.25) is 4.79 Å². The minimum atomic E-state index is 0.0732. The van der Waals surface area contributed by atoms with Crippen LogP contribution in [0.4, 0.5) is 0 Å². The van der Waals surface area contributed by atoms with E-state index in [1.807, 2.05) is 41.4 Å². The van der Waals surface area contributed by atoms with Gasteiger partial charge in [0.1, 0.15) is 12.2 Å². The highest BCUT2D eigenvalue weighted by Crippen LogP contribution is 2.19. The van der Waals surface area contributed by atoms with Crippen molar-refractivity contribution < 1.29 is 9.53 Å². The molecule has 1 unspecified atom stereocenters. The summed E-state index contributed by atoms with van der Waals surface area (Å²) in [6.45, 7) is 1.62. The smallest absolute Gasteiger partial charge is 0.244 e. The molecule has 1 aliphatic heterocycles. The lowest BCUT2D eigenvalue weighted by Crippen LogP contribution is -2.40. The fraction of sp³-hybridized carbons (Fsp3) is 0.438. The average molecular weight is 300 g/mol. The second-order valence-electron chi connectivity index (χ2n) is 5.51. The zero-order valence-electron chi connectivity index (χ0n) is 12.7. The van der Waals surface area contributed by atoms with Gasteiger partial charge in [0.15, 0.2) is 0 Å². The molecule has 0 saturated carbocycles. The molecule has 0 bridgehead atoms. The summed E-state index contributed by atoms with van der Waals surface area (Å²) in [5.74, 6) is 0.0732. The first kappa shape index (κ1) is 14.7. The fourth-order valence-corrected chi connectivity index (χ4v) is 2.88. The molecule has 116 valence electrons. The molecule has 0 radical (unpaired) electrons. The van der Waals surface area contributed by atoms with Crippen molar-refractivity contribution in [2.75, 3.05) is 20.3 Å². The molecule has 1 aromatic carbocycles. The Bertz CT molecular complexity index is 626. The lowest BCUT2D eigenvalue weighted by molar-refractivity contribution is -0.133. The van der Waals surface area contributed by atoms with Crippen molar-refractivity contribution in [2.45, 2.75) is 25.4 Å². The van der Waals surface area contributed by atoms with Crippen LogP contribution in [-0.4, -0.2) is 52.1 Å². The fourth-order valence-electron chi connectivity index (χ4n) is 2.88. The van der Waals surface area contributed by atoms with Crippen LogP contribution in [0.25, 0.3) is 11.3 Å². The van der Waals surface area contributed by atoms with Gasteiger partial charge in [-0.25, -0.2) is 4.68 Å². The summed E-state index contributed by atoms with van der Waals surface area (Å²) in [6.07, 6.45) is 3.85. The largest absolute Gasteiger partial charge is 0.383 e. The number of benzene rings is 1. The van der Waals surface area contributed by atoms with Crippen molar-refractivity contribution in [1.82, 2.24) is 19.9 Å². The van der Waals surface area contributed by atoms with Gasteiger partial charge in [-0.15, -0.1) is 5.10 Å². The first-order valence-electron chi connectivity index (χ1n) is 7.52. The molecule has 1 fully saturated rings. The molecule has 1 saturated heterocycles. The second kappa shape index (κ2) is 6.70. The molecule has 1 amide bonds. The van der Waals surface area contributed by atoms with Crippen LogP contribution >= 0.6 is 0 Å². The van der Waals surface area contributed by atoms with E-state index in [2.05, 4.69) is 10.3 Å². The van der Waals surface area contributed by atoms with E-state index in [0.717, 1.165) is 30.6 Å². The van der Waals surface area contributed by atoms with Crippen molar-refractivity contribution in [3.63, 3.8) is 0 Å². The van der Waals surface area contributed by atoms with Crippen LogP contribution in [0.15, 0.2) is 36.5 Å². The van der Waals surface area contributed by atoms with Crippen LogP contribution in [0.1, 0.15) is 12.8 Å². The molecule has 1 aliphatic rings. The van der Waals surface area contributed by atoms with Crippen LogP contribution in [0.2, 0.25) is 0 Å². The summed E-state index contributed by atoms with van der Waals surface area (Å²) < 4.78 is 6.79. The Labute approximate surface area is 129 Å². The molecule has 22 heavy (non-hydrogen) atoms. The number of carbonyl (C=O) groups is 1. The number of hydrogen-bond acceptors (Lipinski definition) is 4. The third kappa shape index (κ3) is 3.17. The second-order valence-corrected chi connectivity index (χ2v) is 5.51. The Morgan fingerprint density at radius 3 is 2.95 bits per heavy atom. The van der Waals surface area contributed by atoms with E-state index in [9.17, 15) is 4.79 Å². The summed E-state index contributed by atoms with van der Waals surface area (Å²) in [7, 11) is 1.67. The summed E-state index contributed by atoms with van der Waals surface area (Å²) >= 11 is 0. The van der Waals surface area contributed by atoms with Gasteiger partial charge in [0.2, 0.25) is 5.91 Å². The summed E-state index contributed by atoms with van der Waals surface area (Å²) in [5.41, 5.74) is 1.78. The normalized spacial score (nSPS) is 17.9. The standard InChI is InChI=1S/C16H20N4O2/c1-22-12-14-8-5-9-20(14)16(21)11-19-10-15(17-18-19)13-6-3-2-4-7-13/h2-4,6-7,10,14H,5,8-9,11-12H2,1H3. The van der Waals surface area contributed by atoms with Gasteiger partial charge >= 0.3 is 0 Å². The van der Waals surface area contributed by atoms with Gasteiger partial charge in [-0.05, 0) is 12.8 Å². The molecule has 0 N–H and O–H groups in total. The Morgan fingerprint density at radius 2 is 2.18 bits per heavy atom. The molecule has 3 rings (SSSR count). The maximum absolute atomic E-state index is 12.4. The molecule has 0 aliphatic carbocycles. The Balaban J connectivity index is 1.66. The van der Waals surface area contributed by atoms with E-state index in [1.54, 1.807) is 11.8 Å². The summed E-state index contributed by atoms with van der Waals surface area (Å²) in [6, 6.07) is 10.0. The number of nitrogens with zero attached hydrogens (tertiary/aromatic N) is 4. The lowest BCUT2D eigenvalue weighted by atomic mass is 10.2. The minimum Gasteiger partial charge on any atom is -0.383 e. The van der Waals surface area contributed by atoms with Crippen LogP contribution in [-0.2, 0) is 16.1 Å². The van der Waals surface area contributed by atoms with E-state index in [-0.39, 0.29) is 18.5 Å². The van der Waals surface area contributed by atoms with Gasteiger partial charge in [-0.1, -0.05) is 35.5 Å². The van der Waals surface area contributed by atoms with Crippen LogP contribution in [0.3, 0.4) is 0 Å². The van der Waals surface area contributed by atoms with Crippen molar-refractivity contribution in [3.05, 3.63) is 36.5 Å². The zero-order chi connectivity index (χ0) is 15.4. The van der Waals surface area contributed by atoms with Gasteiger partial charge in [0, 0.05) is 19.2 Å². The predicted molar refractivity (Wildman–Crippen MR) is 82.1 cm³/mol. The highest BCUT2D eigenvalue weighted by Gasteiger charge is 2.28. The van der Waals surface area contributed by atoms with E-state index >= 15 is 0 Å². The Morgan fingerprint density at radius 1 is 1.36 bits per heavy atom. The number of likely N-dealkylation sites (tertiary alicyclic amines) is 1. The third-order valence-electron chi connectivity index (χ3n) is 3.96. The number of rotatable bonds is 5. The van der Waals surface area contributed by atoms with E-state index in [4.69, 9.17) is 4.74 Å². The molecule has 0 spiro atoms. The number of carbonyl (C=O) groups excluding carboxylic acids is 1. The highest BCUT2D eigenvalue weighted by molar-refractivity contribution is 5.76. The van der Waals surface area contributed by atoms with Crippen molar-refractivity contribution >= 4 is 5.91 Å². The molecular formula is C16H20N4O2. The summed E-state index contributed by atoms with van der Waals surface area (Å²) in [4.78, 5) is 14.3. The van der Waals surface area contributed by atoms with Crippen LogP contribution in [0.5, 0.6) is 0 Å². The van der Waals surface area contributed by atoms with Gasteiger partial charge in [0.25, 0.3) is 0 Å². The summed E-state index contributed by atoms with van der Waals surface area (Å²) in [5, 5.41) is 8.20. The van der Waals surface area contributed by atoms with Gasteiger partial charge < -0.3 is 9.64 Å². The van der Waals surface area contributed by atoms with Crippen LogP contribution < -0.4 is 0 Å². The van der Waals surface area contributed by atoms with Crippen LogP contribution in [0, 0.1) is 0 Å². The maximum atomic E-state index is 12.4. The molecule has 1 atom stereocenters. The predicted octanol–water partition coefficient (Wildman–Crippen LogP) is 1.58. The molecule has 6 heteroatoms. The first-order valence-corrected chi connectivity index (χ1v) is 7.52. The van der Waals surface area contributed by atoms with Crippen molar-refractivity contribution in [3.8, 4) is 11.3 Å². The lowest BCUT2D eigenvalue weighted by Gasteiger charge is -2.23. The van der Waals surface area contributed by atoms with E-state index in [1.165, 1.54) is 0 Å². The topological polar surface area (TPSA) is 60.2 Å². The van der Waals surface area contributed by atoms with Gasteiger partial charge in [-0.2, -0.15) is 0 Å². The Kier molecular flexibility index (Phi) is 4.48. The number of methoxy groups -OCH3 is 1. The Hall–Kier alpha value is -2.21. The van der Waals surface area contributed by atoms with Crippen molar-refractivity contribution in [1.29, 1.82) is 0 Å². The minimum absolute atomic E-state index is 0.0732. The first-order chi connectivity index (χ1) is 10.8. The number of ether oxygens (including phenoxy) is 1. The molecule has 6 nitrogen and oxygen atoms in total. The quantitative estimate of drug-likeness (QED) is 0.841. The molecule has 2 heterocycles. The average Bonchev–Trinajstić information content (AvgIpc) is 3.18.